The zero-order chi connectivity index (χ0) is 31.5. The van der Waals surface area contributed by atoms with E-state index in [1.165, 1.54) is 0 Å². The number of likely N-dealkylation sites (N-methyl/N-ethyl adjacent to an activating group) is 1. The summed E-state index contributed by atoms with van der Waals surface area (Å²) in [5.74, 6) is 2.55. The van der Waals surface area contributed by atoms with Gasteiger partial charge in [-0.15, -0.1) is 0 Å². The molecule has 45 heavy (non-hydrogen) atoms. The maximum absolute atomic E-state index is 13.4. The Balaban J connectivity index is 1.05. The normalized spacial score (nSPS) is 25.6. The van der Waals surface area contributed by atoms with Crippen molar-refractivity contribution in [2.45, 2.75) is 88.9 Å². The van der Waals surface area contributed by atoms with Crippen molar-refractivity contribution in [3.05, 3.63) is 30.0 Å². The smallest absolute Gasteiger partial charge is 0.410 e. The topological polar surface area (TPSA) is 117 Å². The molecule has 4 saturated heterocycles. The number of rotatable bonds is 10. The molecule has 4 aliphatic heterocycles. The minimum absolute atomic E-state index is 0.0164. The molecule has 2 N–H and O–H groups in total. The van der Waals surface area contributed by atoms with E-state index in [-0.39, 0.29) is 30.2 Å². The van der Waals surface area contributed by atoms with E-state index in [4.69, 9.17) is 19.6 Å². The monoisotopic (exact) mass is 622 g/mol. The Bertz CT molecular complexity index is 1360. The molecule has 4 aliphatic rings. The third-order valence-corrected chi connectivity index (χ3v) is 9.76. The molecule has 12 heteroatoms. The van der Waals surface area contributed by atoms with Gasteiger partial charge in [0.2, 0.25) is 5.91 Å². The molecular formula is C33H50N8O4. The predicted molar refractivity (Wildman–Crippen MR) is 174 cm³/mol. The fourth-order valence-corrected chi connectivity index (χ4v) is 7.34. The number of fused-ring (bicyclic) bond motifs is 3. The molecule has 2 amide bonds. The summed E-state index contributed by atoms with van der Waals surface area (Å²) < 4.78 is 13.5. The Kier molecular flexibility index (Phi) is 9.79. The van der Waals surface area contributed by atoms with Gasteiger partial charge >= 0.3 is 6.09 Å². The number of piperidine rings is 1. The summed E-state index contributed by atoms with van der Waals surface area (Å²) in [6, 6.07) is 2.81. The second-order valence-corrected chi connectivity index (χ2v) is 13.8. The molecule has 3 atom stereocenters. The molecule has 6 rings (SSSR count). The number of carbonyl (C=O) groups excluding carboxylic acids is 2. The first-order chi connectivity index (χ1) is 21.7. The third kappa shape index (κ3) is 7.38. The number of amides is 2. The number of hydrogen-bond acceptors (Lipinski definition) is 9. The standard InChI is InChI=1S/C33H50N8O4/c1-22(2)28-20-35-41-30(18-29(37-32(28)41)36-24-10-14-44-15-11-24)34-19-23-16-25-7-8-26(17-23)40(25)33(43)45-27-9-13-39(21-27)31(42)6-5-12-38(3)4/h5-6,18,20,22-27,34H,7-17,19,21H2,1-4H3,(H,36,37)/b6-5+. The Morgan fingerprint density at radius 3 is 2.60 bits per heavy atom. The highest BCUT2D eigenvalue weighted by molar-refractivity contribution is 5.87. The zero-order valence-electron chi connectivity index (χ0n) is 27.3. The molecule has 0 saturated carbocycles. The number of carbonyl (C=O) groups is 2. The molecule has 0 aromatic carbocycles. The van der Waals surface area contributed by atoms with Crippen LogP contribution in [0.3, 0.4) is 0 Å². The van der Waals surface area contributed by atoms with E-state index in [0.29, 0.717) is 37.4 Å². The van der Waals surface area contributed by atoms with E-state index < -0.39 is 0 Å². The van der Waals surface area contributed by atoms with E-state index in [0.717, 1.165) is 87.7 Å². The first-order valence-corrected chi connectivity index (χ1v) is 16.8. The summed E-state index contributed by atoms with van der Waals surface area (Å²) >= 11 is 0. The van der Waals surface area contributed by atoms with Crippen LogP contribution in [0.2, 0.25) is 0 Å². The van der Waals surface area contributed by atoms with Crippen LogP contribution >= 0.6 is 0 Å². The number of nitrogens with one attached hydrogen (secondary N) is 2. The SMILES string of the molecule is CC(C)c1cnn2c(NCC3CC4CCC(C3)N4C(=O)OC3CCN(C(=O)/C=C/CN(C)C)C3)cc(NC3CCOCC3)nc12. The third-order valence-electron chi connectivity index (χ3n) is 9.76. The highest BCUT2D eigenvalue weighted by Crippen LogP contribution is 2.39. The second kappa shape index (κ2) is 13.9. The molecule has 2 bridgehead atoms. The van der Waals surface area contributed by atoms with E-state index in [1.807, 2.05) is 40.7 Å². The first-order valence-electron chi connectivity index (χ1n) is 16.8. The van der Waals surface area contributed by atoms with Crippen molar-refractivity contribution in [2.75, 3.05) is 64.1 Å². The van der Waals surface area contributed by atoms with E-state index in [2.05, 4.69) is 30.5 Å². The molecule has 12 nitrogen and oxygen atoms in total. The van der Waals surface area contributed by atoms with Crippen LogP contribution in [0.15, 0.2) is 24.4 Å². The molecule has 2 aromatic rings. The number of ether oxygens (including phenoxy) is 2. The Morgan fingerprint density at radius 1 is 1.13 bits per heavy atom. The molecule has 0 spiro atoms. The van der Waals surface area contributed by atoms with Crippen molar-refractivity contribution in [1.82, 2.24) is 29.3 Å². The summed E-state index contributed by atoms with van der Waals surface area (Å²) in [6.45, 7) is 8.50. The van der Waals surface area contributed by atoms with Gasteiger partial charge in [0, 0.05) is 75.1 Å². The van der Waals surface area contributed by atoms with Gasteiger partial charge in [0.05, 0.1) is 12.7 Å². The zero-order valence-corrected chi connectivity index (χ0v) is 27.3. The second-order valence-electron chi connectivity index (χ2n) is 13.8. The summed E-state index contributed by atoms with van der Waals surface area (Å²) in [5.41, 5.74) is 2.02. The summed E-state index contributed by atoms with van der Waals surface area (Å²) in [4.78, 5) is 36.6. The van der Waals surface area contributed by atoms with Gasteiger partial charge in [0.15, 0.2) is 5.65 Å². The number of nitrogens with zero attached hydrogens (tertiary/aromatic N) is 6. The van der Waals surface area contributed by atoms with Crippen molar-refractivity contribution in [3.8, 4) is 0 Å². The van der Waals surface area contributed by atoms with Crippen LogP contribution in [0.4, 0.5) is 16.4 Å². The lowest BCUT2D eigenvalue weighted by molar-refractivity contribution is -0.125. The average molecular weight is 623 g/mol. The van der Waals surface area contributed by atoms with Gasteiger partial charge in [-0.2, -0.15) is 9.61 Å². The lowest BCUT2D eigenvalue weighted by atomic mass is 9.91. The van der Waals surface area contributed by atoms with Crippen molar-refractivity contribution >= 4 is 29.3 Å². The van der Waals surface area contributed by atoms with Gasteiger partial charge in [-0.1, -0.05) is 19.9 Å². The number of likely N-dealkylation sites (tertiary alicyclic amines) is 1. The maximum atomic E-state index is 13.4. The Morgan fingerprint density at radius 2 is 1.89 bits per heavy atom. The van der Waals surface area contributed by atoms with Crippen LogP contribution in [0.1, 0.15) is 70.3 Å². The van der Waals surface area contributed by atoms with E-state index in [1.54, 1.807) is 11.0 Å². The van der Waals surface area contributed by atoms with Gasteiger partial charge in [-0.3, -0.25) is 4.79 Å². The van der Waals surface area contributed by atoms with Gasteiger partial charge in [0.25, 0.3) is 0 Å². The minimum Gasteiger partial charge on any atom is -0.444 e. The molecule has 4 fully saturated rings. The average Bonchev–Trinajstić information content (AvgIpc) is 3.72. The van der Waals surface area contributed by atoms with Crippen LogP contribution in [0.5, 0.6) is 0 Å². The molecule has 0 aliphatic carbocycles. The van der Waals surface area contributed by atoms with Crippen LogP contribution in [0.25, 0.3) is 5.65 Å². The molecular weight excluding hydrogens is 572 g/mol. The predicted octanol–water partition coefficient (Wildman–Crippen LogP) is 3.95. The number of hydrogen-bond donors (Lipinski definition) is 2. The quantitative estimate of drug-likeness (QED) is 0.380. The maximum Gasteiger partial charge on any atom is 0.410 e. The van der Waals surface area contributed by atoms with E-state index >= 15 is 0 Å². The van der Waals surface area contributed by atoms with Gasteiger partial charge in [-0.25, -0.2) is 9.78 Å². The Labute approximate surface area is 266 Å². The number of aromatic nitrogens is 3. The summed E-state index contributed by atoms with van der Waals surface area (Å²) in [6.07, 6.45) is 11.5. The molecule has 2 aromatic heterocycles. The van der Waals surface area contributed by atoms with Gasteiger partial charge < -0.3 is 34.8 Å². The fourth-order valence-electron chi connectivity index (χ4n) is 7.34. The van der Waals surface area contributed by atoms with Crippen molar-refractivity contribution in [3.63, 3.8) is 0 Å². The van der Waals surface area contributed by atoms with Gasteiger partial charge in [0.1, 0.15) is 17.7 Å². The lowest BCUT2D eigenvalue weighted by Crippen LogP contribution is -2.48. The van der Waals surface area contributed by atoms with Crippen LogP contribution in [0, 0.1) is 5.92 Å². The minimum atomic E-state index is -0.245. The summed E-state index contributed by atoms with van der Waals surface area (Å²) in [7, 11) is 3.94. The molecule has 6 heterocycles. The van der Waals surface area contributed by atoms with Crippen LogP contribution in [-0.4, -0.2) is 119 Å². The van der Waals surface area contributed by atoms with Crippen LogP contribution in [-0.2, 0) is 14.3 Å². The molecule has 0 radical (unpaired) electrons. The van der Waals surface area contributed by atoms with Crippen LogP contribution < -0.4 is 10.6 Å². The van der Waals surface area contributed by atoms with Crippen molar-refractivity contribution in [2.24, 2.45) is 5.92 Å². The highest BCUT2D eigenvalue weighted by atomic mass is 16.6. The number of anilines is 2. The van der Waals surface area contributed by atoms with Gasteiger partial charge in [-0.05, 0) is 64.5 Å². The molecule has 3 unspecified atom stereocenters. The molecule has 246 valence electrons. The Hall–Kier alpha value is -3.38. The van der Waals surface area contributed by atoms with Crippen molar-refractivity contribution < 1.29 is 19.1 Å². The van der Waals surface area contributed by atoms with E-state index in [9.17, 15) is 9.59 Å². The first kappa shape index (κ1) is 31.6. The lowest BCUT2D eigenvalue weighted by Gasteiger charge is -2.38. The largest absolute Gasteiger partial charge is 0.444 e. The summed E-state index contributed by atoms with van der Waals surface area (Å²) in [5, 5.41) is 12.1. The van der Waals surface area contributed by atoms with Crippen molar-refractivity contribution in [1.29, 1.82) is 0 Å². The fraction of sp³-hybridized carbons (Fsp3) is 0.697. The highest BCUT2D eigenvalue weighted by Gasteiger charge is 2.45.